The van der Waals surface area contributed by atoms with Gasteiger partial charge in [0.25, 0.3) is 0 Å². The molecule has 3 nitrogen and oxygen atoms in total. The molecule has 0 saturated heterocycles. The molecule has 1 aromatic carbocycles. The van der Waals surface area contributed by atoms with E-state index >= 15 is 0 Å². The Kier molecular flexibility index (Phi) is 3.17. The smallest absolute Gasteiger partial charge is 0.123 e. The molecule has 0 atom stereocenters. The van der Waals surface area contributed by atoms with Gasteiger partial charge in [0.1, 0.15) is 11.5 Å². The Morgan fingerprint density at radius 2 is 2.05 bits per heavy atom. The second-order valence-electron chi connectivity index (χ2n) is 6.04. The van der Waals surface area contributed by atoms with Crippen molar-refractivity contribution in [1.82, 2.24) is 0 Å². The molecule has 0 aromatic heterocycles. The number of aromatic hydroxyl groups is 1. The number of fused-ring (bicyclic) bond motifs is 1. The van der Waals surface area contributed by atoms with Gasteiger partial charge in [-0.15, -0.1) is 0 Å². The van der Waals surface area contributed by atoms with Crippen molar-refractivity contribution in [2.45, 2.75) is 50.9 Å². The highest BCUT2D eigenvalue weighted by Crippen LogP contribution is 2.48. The van der Waals surface area contributed by atoms with E-state index in [4.69, 9.17) is 10.5 Å². The molecule has 0 amide bonds. The molecule has 1 aliphatic heterocycles. The largest absolute Gasteiger partial charge is 0.507 e. The first kappa shape index (κ1) is 12.8. The number of hydrogen-bond donors (Lipinski definition) is 2. The minimum absolute atomic E-state index is 0.0356. The van der Waals surface area contributed by atoms with Gasteiger partial charge in [-0.25, -0.2) is 0 Å². The average Bonchev–Trinajstić information content (AvgIpc) is 2.88. The number of aryl methyl sites for hydroxylation is 1. The lowest BCUT2D eigenvalue weighted by Crippen LogP contribution is -2.38. The number of hydrogen-bond acceptors (Lipinski definition) is 3. The molecule has 1 fully saturated rings. The van der Waals surface area contributed by atoms with E-state index in [0.717, 1.165) is 42.7 Å². The summed E-state index contributed by atoms with van der Waals surface area (Å²) in [5.41, 5.74) is 9.31. The van der Waals surface area contributed by atoms with E-state index in [1.54, 1.807) is 0 Å². The summed E-state index contributed by atoms with van der Waals surface area (Å²) in [6.07, 6.45) is 6.79. The summed E-state index contributed by atoms with van der Waals surface area (Å²) in [4.78, 5) is 0. The second kappa shape index (κ2) is 4.71. The van der Waals surface area contributed by atoms with Crippen LogP contribution in [0, 0.1) is 6.92 Å². The van der Waals surface area contributed by atoms with Crippen molar-refractivity contribution in [2.75, 3.05) is 13.2 Å². The van der Waals surface area contributed by atoms with Gasteiger partial charge in [0, 0.05) is 29.5 Å². The first-order chi connectivity index (χ1) is 9.18. The highest BCUT2D eigenvalue weighted by atomic mass is 16.5. The molecule has 0 unspecified atom stereocenters. The summed E-state index contributed by atoms with van der Waals surface area (Å²) in [6, 6.07) is 1.97. The lowest BCUT2D eigenvalue weighted by molar-refractivity contribution is 0.288. The van der Waals surface area contributed by atoms with Crippen LogP contribution in [0.5, 0.6) is 11.5 Å². The third-order valence-corrected chi connectivity index (χ3v) is 4.90. The topological polar surface area (TPSA) is 55.5 Å². The van der Waals surface area contributed by atoms with Gasteiger partial charge in [-0.1, -0.05) is 19.3 Å². The molecule has 19 heavy (non-hydrogen) atoms. The van der Waals surface area contributed by atoms with Crippen LogP contribution >= 0.6 is 0 Å². The lowest BCUT2D eigenvalue weighted by atomic mass is 9.67. The zero-order valence-electron chi connectivity index (χ0n) is 11.7. The van der Waals surface area contributed by atoms with Gasteiger partial charge in [0.15, 0.2) is 0 Å². The van der Waals surface area contributed by atoms with Crippen LogP contribution in [0.1, 0.15) is 48.8 Å². The van der Waals surface area contributed by atoms with Crippen LogP contribution in [0.15, 0.2) is 6.07 Å². The highest BCUT2D eigenvalue weighted by Gasteiger charge is 2.39. The minimum atomic E-state index is -0.0356. The maximum absolute atomic E-state index is 10.6. The summed E-state index contributed by atoms with van der Waals surface area (Å²) in [5.74, 6) is 1.42. The monoisotopic (exact) mass is 261 g/mol. The van der Waals surface area contributed by atoms with Crippen LogP contribution in [0.4, 0.5) is 0 Å². The van der Waals surface area contributed by atoms with Gasteiger partial charge in [-0.2, -0.15) is 0 Å². The van der Waals surface area contributed by atoms with Gasteiger partial charge in [-0.3, -0.25) is 0 Å². The van der Waals surface area contributed by atoms with E-state index in [0.29, 0.717) is 12.3 Å². The fraction of sp³-hybridized carbons (Fsp3) is 0.625. The fourth-order valence-electron chi connectivity index (χ4n) is 3.81. The van der Waals surface area contributed by atoms with E-state index in [2.05, 4.69) is 0 Å². The van der Waals surface area contributed by atoms with Gasteiger partial charge in [0.2, 0.25) is 0 Å². The molecule has 0 bridgehead atoms. The number of benzene rings is 1. The van der Waals surface area contributed by atoms with Gasteiger partial charge in [-0.05, 0) is 31.4 Å². The van der Waals surface area contributed by atoms with Crippen LogP contribution in [0.3, 0.4) is 0 Å². The fourth-order valence-corrected chi connectivity index (χ4v) is 3.81. The van der Waals surface area contributed by atoms with Crippen molar-refractivity contribution in [2.24, 2.45) is 5.73 Å². The summed E-state index contributed by atoms with van der Waals surface area (Å²) in [7, 11) is 0. The summed E-state index contributed by atoms with van der Waals surface area (Å²) in [6.45, 7) is 3.30. The number of phenols is 1. The molecular weight excluding hydrogens is 238 g/mol. The maximum atomic E-state index is 10.6. The van der Waals surface area contributed by atoms with Crippen molar-refractivity contribution in [3.8, 4) is 11.5 Å². The van der Waals surface area contributed by atoms with E-state index in [9.17, 15) is 5.11 Å². The Bertz CT molecular complexity index is 490. The van der Waals surface area contributed by atoms with Crippen LogP contribution in [-0.2, 0) is 11.8 Å². The molecule has 1 heterocycles. The molecule has 104 valence electrons. The standard InChI is InChI=1S/C16H23NO2/c1-11-9-13-12(5-8-19-13)14(15(11)18)16(10-17)6-3-2-4-7-16/h9,18H,2-8,10,17H2,1H3. The number of phenolic OH excluding ortho intramolecular Hbond substituents is 1. The minimum Gasteiger partial charge on any atom is -0.507 e. The van der Waals surface area contributed by atoms with Crippen molar-refractivity contribution < 1.29 is 9.84 Å². The Morgan fingerprint density at radius 3 is 2.74 bits per heavy atom. The molecule has 2 aliphatic rings. The van der Waals surface area contributed by atoms with Crippen LogP contribution < -0.4 is 10.5 Å². The van der Waals surface area contributed by atoms with E-state index in [1.807, 2.05) is 13.0 Å². The predicted molar refractivity (Wildman–Crippen MR) is 75.9 cm³/mol. The zero-order valence-corrected chi connectivity index (χ0v) is 11.7. The predicted octanol–water partition coefficient (Wildman–Crippen LogP) is 2.80. The molecule has 3 heteroatoms. The van der Waals surface area contributed by atoms with Gasteiger partial charge in [0.05, 0.1) is 6.61 Å². The first-order valence-corrected chi connectivity index (χ1v) is 7.37. The second-order valence-corrected chi connectivity index (χ2v) is 6.04. The SMILES string of the molecule is Cc1cc2c(c(C3(CN)CCCCC3)c1O)CCO2. The molecule has 0 radical (unpaired) electrons. The third-order valence-electron chi connectivity index (χ3n) is 4.90. The molecule has 3 rings (SSSR count). The Labute approximate surface area is 114 Å². The summed E-state index contributed by atoms with van der Waals surface area (Å²) in [5, 5.41) is 10.6. The average molecular weight is 261 g/mol. The Morgan fingerprint density at radius 1 is 1.32 bits per heavy atom. The quantitative estimate of drug-likeness (QED) is 0.860. The molecular formula is C16H23NO2. The zero-order chi connectivity index (χ0) is 13.5. The van der Waals surface area contributed by atoms with Gasteiger partial charge >= 0.3 is 0 Å². The molecule has 3 N–H and O–H groups in total. The lowest BCUT2D eigenvalue weighted by Gasteiger charge is -2.38. The molecule has 1 saturated carbocycles. The van der Waals surface area contributed by atoms with Crippen LogP contribution in [-0.4, -0.2) is 18.3 Å². The number of rotatable bonds is 2. The van der Waals surface area contributed by atoms with E-state index in [1.165, 1.54) is 24.8 Å². The van der Waals surface area contributed by atoms with E-state index in [-0.39, 0.29) is 5.41 Å². The molecule has 1 aromatic rings. The summed E-state index contributed by atoms with van der Waals surface area (Å²) >= 11 is 0. The molecule has 1 aliphatic carbocycles. The van der Waals surface area contributed by atoms with Crippen molar-refractivity contribution in [1.29, 1.82) is 0 Å². The summed E-state index contributed by atoms with van der Waals surface area (Å²) < 4.78 is 5.70. The van der Waals surface area contributed by atoms with E-state index < -0.39 is 0 Å². The van der Waals surface area contributed by atoms with Crippen molar-refractivity contribution in [3.05, 3.63) is 22.8 Å². The van der Waals surface area contributed by atoms with Crippen molar-refractivity contribution >= 4 is 0 Å². The van der Waals surface area contributed by atoms with Crippen LogP contribution in [0.2, 0.25) is 0 Å². The number of nitrogens with two attached hydrogens (primary N) is 1. The Balaban J connectivity index is 2.17. The maximum Gasteiger partial charge on any atom is 0.123 e. The third kappa shape index (κ3) is 1.91. The van der Waals surface area contributed by atoms with Gasteiger partial charge < -0.3 is 15.6 Å². The molecule has 0 spiro atoms. The van der Waals surface area contributed by atoms with Crippen LogP contribution in [0.25, 0.3) is 0 Å². The highest BCUT2D eigenvalue weighted by molar-refractivity contribution is 5.57. The first-order valence-electron chi connectivity index (χ1n) is 7.37. The normalized spacial score (nSPS) is 20.9. The van der Waals surface area contributed by atoms with Crippen molar-refractivity contribution in [3.63, 3.8) is 0 Å². The Hall–Kier alpha value is -1.22. The number of ether oxygens (including phenoxy) is 1.